The quantitative estimate of drug-likeness (QED) is 0.565. The van der Waals surface area contributed by atoms with Crippen molar-refractivity contribution in [2.75, 3.05) is 11.9 Å². The Labute approximate surface area is 174 Å². The Bertz CT molecular complexity index is 814. The standard InChI is InChI=1S/C25H33NO3/c1-6-7-15-27-24-23(28-18(2)3)21-16-20(13-14-22(21)29-25(24,4)5)26-17-19-11-9-8-10-12-19/h6-14,16,18,23-24,26H,15,17H2,1-5H3. The molecule has 1 aliphatic heterocycles. The molecule has 2 aromatic carbocycles. The van der Waals surface area contributed by atoms with Crippen LogP contribution in [0.1, 0.15) is 51.8 Å². The maximum Gasteiger partial charge on any atom is 0.132 e. The number of rotatable bonds is 8. The van der Waals surface area contributed by atoms with E-state index in [-0.39, 0.29) is 18.3 Å². The first-order valence-electron chi connectivity index (χ1n) is 10.4. The average molecular weight is 396 g/mol. The Balaban J connectivity index is 1.87. The fraction of sp³-hybridized carbons (Fsp3) is 0.440. The summed E-state index contributed by atoms with van der Waals surface area (Å²) in [5, 5.41) is 3.51. The Morgan fingerprint density at radius 3 is 2.59 bits per heavy atom. The molecule has 29 heavy (non-hydrogen) atoms. The second-order valence-corrected chi connectivity index (χ2v) is 8.23. The zero-order valence-electron chi connectivity index (χ0n) is 18.1. The average Bonchev–Trinajstić information content (AvgIpc) is 2.69. The molecule has 156 valence electrons. The molecule has 1 heterocycles. The highest BCUT2D eigenvalue weighted by Crippen LogP contribution is 2.44. The number of benzene rings is 2. The third-order valence-corrected chi connectivity index (χ3v) is 5.02. The highest BCUT2D eigenvalue weighted by atomic mass is 16.6. The van der Waals surface area contributed by atoms with Crippen LogP contribution in [0, 0.1) is 0 Å². The summed E-state index contributed by atoms with van der Waals surface area (Å²) in [6, 6.07) is 16.6. The van der Waals surface area contributed by atoms with E-state index in [2.05, 4.69) is 69.4 Å². The van der Waals surface area contributed by atoms with Gasteiger partial charge in [-0.25, -0.2) is 0 Å². The zero-order chi connectivity index (χ0) is 20.9. The van der Waals surface area contributed by atoms with Crippen LogP contribution in [0.3, 0.4) is 0 Å². The Morgan fingerprint density at radius 2 is 1.90 bits per heavy atom. The minimum atomic E-state index is -0.493. The van der Waals surface area contributed by atoms with E-state index < -0.39 is 5.60 Å². The lowest BCUT2D eigenvalue weighted by molar-refractivity contribution is -0.168. The van der Waals surface area contributed by atoms with Gasteiger partial charge in [-0.05, 0) is 58.4 Å². The van der Waals surface area contributed by atoms with Crippen LogP contribution in [0.4, 0.5) is 5.69 Å². The Kier molecular flexibility index (Phi) is 6.99. The van der Waals surface area contributed by atoms with Gasteiger partial charge < -0.3 is 19.5 Å². The van der Waals surface area contributed by atoms with Crippen molar-refractivity contribution >= 4 is 5.69 Å². The molecule has 0 radical (unpaired) electrons. The van der Waals surface area contributed by atoms with Crippen molar-refractivity contribution in [3.05, 3.63) is 71.8 Å². The number of hydrogen-bond donors (Lipinski definition) is 1. The van der Waals surface area contributed by atoms with E-state index in [0.29, 0.717) is 6.61 Å². The van der Waals surface area contributed by atoms with Crippen molar-refractivity contribution in [1.29, 1.82) is 0 Å². The van der Waals surface area contributed by atoms with Gasteiger partial charge in [0, 0.05) is 17.8 Å². The van der Waals surface area contributed by atoms with Crippen LogP contribution < -0.4 is 10.1 Å². The lowest BCUT2D eigenvalue weighted by Gasteiger charge is -2.44. The van der Waals surface area contributed by atoms with Crippen LogP contribution in [-0.2, 0) is 16.0 Å². The Hall–Kier alpha value is -2.30. The first-order chi connectivity index (χ1) is 13.9. The molecule has 0 aliphatic carbocycles. The number of allylic oxidation sites excluding steroid dienone is 1. The maximum atomic E-state index is 6.36. The van der Waals surface area contributed by atoms with Crippen molar-refractivity contribution in [3.63, 3.8) is 0 Å². The van der Waals surface area contributed by atoms with Crippen molar-refractivity contribution in [3.8, 4) is 5.75 Å². The van der Waals surface area contributed by atoms with Crippen molar-refractivity contribution in [2.45, 2.75) is 65.1 Å². The van der Waals surface area contributed by atoms with Crippen LogP contribution in [0.25, 0.3) is 0 Å². The molecule has 0 amide bonds. The summed E-state index contributed by atoms with van der Waals surface area (Å²) >= 11 is 0. The van der Waals surface area contributed by atoms with Gasteiger partial charge in [0.05, 0.1) is 12.7 Å². The summed E-state index contributed by atoms with van der Waals surface area (Å²) in [5.74, 6) is 0.858. The van der Waals surface area contributed by atoms with Crippen LogP contribution in [0.2, 0.25) is 0 Å². The summed E-state index contributed by atoms with van der Waals surface area (Å²) in [6.07, 6.45) is 3.68. The molecule has 0 spiro atoms. The van der Waals surface area contributed by atoms with E-state index >= 15 is 0 Å². The van der Waals surface area contributed by atoms with Gasteiger partial charge in [0.25, 0.3) is 0 Å². The van der Waals surface area contributed by atoms with Gasteiger partial charge in [-0.3, -0.25) is 0 Å². The number of fused-ring (bicyclic) bond motifs is 1. The van der Waals surface area contributed by atoms with Gasteiger partial charge in [-0.15, -0.1) is 0 Å². The second-order valence-electron chi connectivity index (χ2n) is 8.23. The van der Waals surface area contributed by atoms with E-state index in [1.807, 2.05) is 31.2 Å². The molecule has 1 N–H and O–H groups in total. The molecule has 1 aliphatic rings. The molecule has 2 unspecified atom stereocenters. The molecule has 0 aromatic heterocycles. The minimum Gasteiger partial charge on any atom is -0.485 e. The van der Waals surface area contributed by atoms with Gasteiger partial charge in [0.15, 0.2) is 0 Å². The van der Waals surface area contributed by atoms with Crippen LogP contribution in [0.5, 0.6) is 5.75 Å². The predicted molar refractivity (Wildman–Crippen MR) is 118 cm³/mol. The highest BCUT2D eigenvalue weighted by Gasteiger charge is 2.45. The van der Waals surface area contributed by atoms with Crippen molar-refractivity contribution in [2.24, 2.45) is 0 Å². The maximum absolute atomic E-state index is 6.36. The molecule has 4 nitrogen and oxygen atoms in total. The van der Waals surface area contributed by atoms with Crippen LogP contribution in [0.15, 0.2) is 60.7 Å². The molecular formula is C25H33NO3. The Morgan fingerprint density at radius 1 is 1.14 bits per heavy atom. The summed E-state index contributed by atoms with van der Waals surface area (Å²) in [5.41, 5.74) is 2.82. The molecule has 0 saturated heterocycles. The lowest BCUT2D eigenvalue weighted by Crippen LogP contribution is -2.51. The smallest absolute Gasteiger partial charge is 0.132 e. The summed E-state index contributed by atoms with van der Waals surface area (Å²) < 4.78 is 18.9. The van der Waals surface area contributed by atoms with E-state index in [1.165, 1.54) is 5.56 Å². The van der Waals surface area contributed by atoms with Gasteiger partial charge in [-0.2, -0.15) is 0 Å². The third-order valence-electron chi connectivity index (χ3n) is 5.02. The zero-order valence-corrected chi connectivity index (χ0v) is 18.1. The van der Waals surface area contributed by atoms with Crippen molar-refractivity contribution < 1.29 is 14.2 Å². The molecule has 3 rings (SSSR count). The number of nitrogens with one attached hydrogen (secondary N) is 1. The van der Waals surface area contributed by atoms with Crippen LogP contribution >= 0.6 is 0 Å². The van der Waals surface area contributed by atoms with E-state index in [9.17, 15) is 0 Å². The number of hydrogen-bond acceptors (Lipinski definition) is 4. The molecular weight excluding hydrogens is 362 g/mol. The minimum absolute atomic E-state index is 0.0792. The molecule has 2 aromatic rings. The third kappa shape index (κ3) is 5.40. The van der Waals surface area contributed by atoms with E-state index in [0.717, 1.165) is 23.5 Å². The monoisotopic (exact) mass is 395 g/mol. The molecule has 0 bridgehead atoms. The van der Waals surface area contributed by atoms with Crippen molar-refractivity contribution in [1.82, 2.24) is 0 Å². The van der Waals surface area contributed by atoms with Gasteiger partial charge in [0.2, 0.25) is 0 Å². The first-order valence-corrected chi connectivity index (χ1v) is 10.4. The molecule has 4 heteroatoms. The lowest BCUT2D eigenvalue weighted by atomic mass is 9.87. The number of anilines is 1. The fourth-order valence-corrected chi connectivity index (χ4v) is 3.62. The van der Waals surface area contributed by atoms with Gasteiger partial charge in [-0.1, -0.05) is 42.5 Å². The molecule has 0 fully saturated rings. The second kappa shape index (κ2) is 9.47. The predicted octanol–water partition coefficient (Wildman–Crippen LogP) is 5.90. The van der Waals surface area contributed by atoms with Gasteiger partial charge in [0.1, 0.15) is 23.6 Å². The summed E-state index contributed by atoms with van der Waals surface area (Å²) in [4.78, 5) is 0. The van der Waals surface area contributed by atoms with Gasteiger partial charge >= 0.3 is 0 Å². The molecule has 0 saturated carbocycles. The topological polar surface area (TPSA) is 39.7 Å². The van der Waals surface area contributed by atoms with Crippen LogP contribution in [-0.4, -0.2) is 24.4 Å². The normalized spacial score (nSPS) is 20.5. The molecule has 2 atom stereocenters. The summed E-state index contributed by atoms with van der Waals surface area (Å²) in [6.45, 7) is 11.5. The highest BCUT2D eigenvalue weighted by molar-refractivity contribution is 5.53. The first kappa shape index (κ1) is 21.4. The number of ether oxygens (including phenoxy) is 3. The summed E-state index contributed by atoms with van der Waals surface area (Å²) in [7, 11) is 0. The fourth-order valence-electron chi connectivity index (χ4n) is 3.62. The van der Waals surface area contributed by atoms with E-state index in [1.54, 1.807) is 0 Å². The SMILES string of the molecule is CC=CCOC1C(OC(C)C)c2cc(NCc3ccccc3)ccc2OC1(C)C. The largest absolute Gasteiger partial charge is 0.485 e. The van der Waals surface area contributed by atoms with E-state index in [4.69, 9.17) is 14.2 Å².